The Bertz CT molecular complexity index is 189. The first-order chi connectivity index (χ1) is 5.49. The third-order valence-electron chi connectivity index (χ3n) is 1.36. The van der Waals surface area contributed by atoms with E-state index in [9.17, 15) is 4.79 Å². The van der Waals surface area contributed by atoms with Crippen LogP contribution in [-0.4, -0.2) is 30.2 Å². The van der Waals surface area contributed by atoms with Crippen molar-refractivity contribution in [1.29, 1.82) is 0 Å². The lowest BCUT2D eigenvalue weighted by Crippen LogP contribution is -2.28. The fraction of sp³-hybridized carbons (Fsp3) is 0.714. The van der Waals surface area contributed by atoms with E-state index in [1.54, 1.807) is 13.8 Å². The number of nitrogens with zero attached hydrogens (tertiary/aromatic N) is 1. The van der Waals surface area contributed by atoms with E-state index >= 15 is 0 Å². The van der Waals surface area contributed by atoms with Crippen molar-refractivity contribution in [1.82, 2.24) is 0 Å². The summed E-state index contributed by atoms with van der Waals surface area (Å²) in [6.45, 7) is 3.51. The number of methoxy groups -OCH3 is 1. The minimum Gasteiger partial charge on any atom is -0.480 e. The Morgan fingerprint density at radius 3 is 2.33 bits per heavy atom. The summed E-state index contributed by atoms with van der Waals surface area (Å²) in [5.74, 6) is -1.10. The zero-order valence-electron chi connectivity index (χ0n) is 7.44. The van der Waals surface area contributed by atoms with Gasteiger partial charge in [0.1, 0.15) is 0 Å². The van der Waals surface area contributed by atoms with Crippen LogP contribution in [0.1, 0.15) is 13.8 Å². The summed E-state index contributed by atoms with van der Waals surface area (Å²) in [7, 11) is 1.35. The van der Waals surface area contributed by atoms with Crippen LogP contribution in [0.5, 0.6) is 0 Å². The van der Waals surface area contributed by atoms with Gasteiger partial charge in [0.25, 0.3) is 6.02 Å². The average Bonchev–Trinajstić information content (AvgIpc) is 1.98. The van der Waals surface area contributed by atoms with Crippen LogP contribution in [0.3, 0.4) is 0 Å². The molecule has 0 saturated carbocycles. The highest BCUT2D eigenvalue weighted by Crippen LogP contribution is 2.06. The number of hydrogen-bond acceptors (Lipinski definition) is 3. The molecule has 70 valence electrons. The predicted molar refractivity (Wildman–Crippen MR) is 44.9 cm³/mol. The van der Waals surface area contributed by atoms with Crippen LogP contribution in [0, 0.1) is 5.92 Å². The number of carboxylic acid groups (broad SMARTS) is 1. The Kier molecular flexibility index (Phi) is 4.10. The van der Waals surface area contributed by atoms with E-state index in [0.29, 0.717) is 0 Å². The molecule has 0 aliphatic carbocycles. The number of rotatable bonds is 3. The van der Waals surface area contributed by atoms with E-state index in [1.807, 2.05) is 0 Å². The number of nitrogens with two attached hydrogens (primary N) is 1. The highest BCUT2D eigenvalue weighted by molar-refractivity contribution is 5.79. The van der Waals surface area contributed by atoms with E-state index in [2.05, 4.69) is 9.73 Å². The van der Waals surface area contributed by atoms with E-state index in [0.717, 1.165) is 0 Å². The molecule has 0 radical (unpaired) electrons. The molecule has 0 spiro atoms. The fourth-order valence-corrected chi connectivity index (χ4v) is 0.679. The Hall–Kier alpha value is -1.26. The smallest absolute Gasteiger partial charge is 0.328 e. The van der Waals surface area contributed by atoms with Crippen molar-refractivity contribution in [3.8, 4) is 0 Å². The minimum absolute atomic E-state index is 0.101. The molecule has 0 saturated heterocycles. The number of carboxylic acids is 1. The zero-order valence-corrected chi connectivity index (χ0v) is 7.44. The number of ether oxygens (including phenoxy) is 1. The van der Waals surface area contributed by atoms with Crippen LogP contribution in [0.25, 0.3) is 0 Å². The van der Waals surface area contributed by atoms with Gasteiger partial charge in [0.2, 0.25) is 0 Å². The SMILES string of the molecule is COC(N)=N[C@H](C(=O)O)C(C)C. The van der Waals surface area contributed by atoms with Crippen LogP contribution in [-0.2, 0) is 9.53 Å². The van der Waals surface area contributed by atoms with Crippen LogP contribution in [0.15, 0.2) is 4.99 Å². The Morgan fingerprint density at radius 2 is 2.08 bits per heavy atom. The summed E-state index contributed by atoms with van der Waals surface area (Å²) < 4.78 is 4.55. The Balaban J connectivity index is 4.43. The molecule has 0 rings (SSSR count). The van der Waals surface area contributed by atoms with Gasteiger partial charge >= 0.3 is 5.97 Å². The molecular weight excluding hydrogens is 160 g/mol. The van der Waals surface area contributed by atoms with E-state index in [1.165, 1.54) is 7.11 Å². The molecule has 0 aromatic heterocycles. The quantitative estimate of drug-likeness (QED) is 0.468. The molecule has 1 atom stereocenters. The molecule has 0 aliphatic rings. The van der Waals surface area contributed by atoms with Gasteiger partial charge in [-0.1, -0.05) is 13.8 Å². The van der Waals surface area contributed by atoms with Crippen molar-refractivity contribution in [3.05, 3.63) is 0 Å². The number of aliphatic carboxylic acids is 1. The first kappa shape index (κ1) is 10.7. The molecule has 0 aliphatic heterocycles. The number of amidine groups is 1. The van der Waals surface area contributed by atoms with Gasteiger partial charge < -0.3 is 15.6 Å². The summed E-state index contributed by atoms with van der Waals surface area (Å²) in [4.78, 5) is 14.2. The van der Waals surface area contributed by atoms with E-state index in [4.69, 9.17) is 10.8 Å². The normalized spacial score (nSPS) is 14.5. The van der Waals surface area contributed by atoms with E-state index < -0.39 is 12.0 Å². The minimum atomic E-state index is -0.995. The molecule has 0 aromatic rings. The first-order valence-corrected chi connectivity index (χ1v) is 3.59. The molecule has 0 aromatic carbocycles. The lowest BCUT2D eigenvalue weighted by atomic mass is 10.1. The van der Waals surface area contributed by atoms with Gasteiger partial charge in [-0.25, -0.2) is 9.79 Å². The lowest BCUT2D eigenvalue weighted by Gasteiger charge is -2.11. The highest BCUT2D eigenvalue weighted by atomic mass is 16.5. The number of carbonyl (C=O) groups is 1. The molecule has 0 amide bonds. The molecule has 0 unspecified atom stereocenters. The van der Waals surface area contributed by atoms with E-state index in [-0.39, 0.29) is 11.9 Å². The maximum Gasteiger partial charge on any atom is 0.328 e. The van der Waals surface area contributed by atoms with Gasteiger partial charge in [0.05, 0.1) is 7.11 Å². The highest BCUT2D eigenvalue weighted by Gasteiger charge is 2.20. The summed E-state index contributed by atoms with van der Waals surface area (Å²) >= 11 is 0. The van der Waals surface area contributed by atoms with Crippen molar-refractivity contribution < 1.29 is 14.6 Å². The molecule has 12 heavy (non-hydrogen) atoms. The number of hydrogen-bond donors (Lipinski definition) is 2. The van der Waals surface area contributed by atoms with Gasteiger partial charge in [-0.05, 0) is 5.92 Å². The molecule has 0 heterocycles. The molecule has 5 nitrogen and oxygen atoms in total. The van der Waals surface area contributed by atoms with Crippen molar-refractivity contribution >= 4 is 12.0 Å². The van der Waals surface area contributed by atoms with Gasteiger partial charge in [-0.2, -0.15) is 0 Å². The summed E-state index contributed by atoms with van der Waals surface area (Å²) in [5.41, 5.74) is 5.21. The van der Waals surface area contributed by atoms with Gasteiger partial charge in [-0.15, -0.1) is 0 Å². The molecule has 3 N–H and O–H groups in total. The second-order valence-electron chi connectivity index (χ2n) is 2.70. The Morgan fingerprint density at radius 1 is 1.58 bits per heavy atom. The standard InChI is InChI=1S/C7H14N2O3/c1-4(2)5(6(10)11)9-7(8)12-3/h4-5H,1-3H3,(H2,8,9)(H,10,11)/t5-/m0/s1. The van der Waals surface area contributed by atoms with Gasteiger partial charge in [0.15, 0.2) is 6.04 Å². The maximum atomic E-state index is 10.6. The third-order valence-corrected chi connectivity index (χ3v) is 1.36. The summed E-state index contributed by atoms with van der Waals surface area (Å²) in [6.07, 6.45) is 0. The van der Waals surface area contributed by atoms with Crippen molar-refractivity contribution in [3.63, 3.8) is 0 Å². The molecular formula is C7H14N2O3. The zero-order chi connectivity index (χ0) is 9.72. The van der Waals surface area contributed by atoms with Crippen LogP contribution in [0.4, 0.5) is 0 Å². The number of aliphatic imine (C=N–C) groups is 1. The third kappa shape index (κ3) is 3.23. The predicted octanol–water partition coefficient (Wildman–Crippen LogP) is 0.0567. The summed E-state index contributed by atoms with van der Waals surface area (Å²) in [5, 5.41) is 8.67. The average molecular weight is 174 g/mol. The van der Waals surface area contributed by atoms with Gasteiger partial charge in [0, 0.05) is 0 Å². The second kappa shape index (κ2) is 4.58. The lowest BCUT2D eigenvalue weighted by molar-refractivity contribution is -0.139. The first-order valence-electron chi connectivity index (χ1n) is 3.59. The van der Waals surface area contributed by atoms with Crippen molar-refractivity contribution in [2.75, 3.05) is 7.11 Å². The molecule has 0 fully saturated rings. The monoisotopic (exact) mass is 174 g/mol. The van der Waals surface area contributed by atoms with Crippen LogP contribution in [0.2, 0.25) is 0 Å². The van der Waals surface area contributed by atoms with Crippen molar-refractivity contribution in [2.45, 2.75) is 19.9 Å². The Labute approximate surface area is 71.2 Å². The van der Waals surface area contributed by atoms with Crippen LogP contribution >= 0.6 is 0 Å². The maximum absolute atomic E-state index is 10.6. The fourth-order valence-electron chi connectivity index (χ4n) is 0.679. The topological polar surface area (TPSA) is 84.9 Å². The molecule has 5 heteroatoms. The van der Waals surface area contributed by atoms with Crippen LogP contribution < -0.4 is 5.73 Å². The van der Waals surface area contributed by atoms with Gasteiger partial charge in [-0.3, -0.25) is 0 Å². The summed E-state index contributed by atoms with van der Waals surface area (Å²) in [6, 6.07) is -0.930. The largest absolute Gasteiger partial charge is 0.480 e. The second-order valence-corrected chi connectivity index (χ2v) is 2.70. The van der Waals surface area contributed by atoms with Crippen molar-refractivity contribution in [2.24, 2.45) is 16.6 Å². The molecule has 0 bridgehead atoms.